The Morgan fingerprint density at radius 3 is 2.25 bits per heavy atom. The molecule has 2 aromatic carbocycles. The molecule has 2 aromatic rings. The van der Waals surface area contributed by atoms with Crippen LogP contribution in [0, 0.1) is 13.8 Å². The molecule has 146 valence electrons. The van der Waals surface area contributed by atoms with Gasteiger partial charge in [0, 0.05) is 12.7 Å². The van der Waals surface area contributed by atoms with Gasteiger partial charge in [-0.25, -0.2) is 4.79 Å². The molecular formula is C22H25N3O3. The zero-order chi connectivity index (χ0) is 20.5. The summed E-state index contributed by atoms with van der Waals surface area (Å²) in [5, 5.41) is 2.80. The van der Waals surface area contributed by atoms with Crippen molar-refractivity contribution < 1.29 is 14.4 Å². The first-order chi connectivity index (χ1) is 13.3. The lowest BCUT2D eigenvalue weighted by molar-refractivity contribution is -0.134. The fourth-order valence-corrected chi connectivity index (χ4v) is 3.66. The first-order valence-electron chi connectivity index (χ1n) is 9.33. The lowest BCUT2D eigenvalue weighted by atomic mass is 9.87. The van der Waals surface area contributed by atoms with E-state index in [9.17, 15) is 14.4 Å². The molecule has 0 spiro atoms. The van der Waals surface area contributed by atoms with Crippen LogP contribution in [0.4, 0.5) is 10.5 Å². The lowest BCUT2D eigenvalue weighted by Crippen LogP contribution is -2.45. The molecule has 3 rings (SSSR count). The van der Waals surface area contributed by atoms with Gasteiger partial charge in [0.1, 0.15) is 12.1 Å². The quantitative estimate of drug-likeness (QED) is 0.812. The summed E-state index contributed by atoms with van der Waals surface area (Å²) in [5.74, 6) is -0.721. The van der Waals surface area contributed by atoms with Crippen LogP contribution in [0.3, 0.4) is 0 Å². The van der Waals surface area contributed by atoms with Crippen molar-refractivity contribution >= 4 is 23.5 Å². The molecule has 1 atom stereocenters. The molecule has 1 saturated heterocycles. The van der Waals surface area contributed by atoms with Crippen molar-refractivity contribution in [1.29, 1.82) is 0 Å². The van der Waals surface area contributed by atoms with E-state index in [1.165, 1.54) is 4.90 Å². The number of likely N-dealkylation sites (N-methyl/N-ethyl adjacent to an activating group) is 1. The number of nitrogens with zero attached hydrogens (tertiary/aromatic N) is 2. The molecule has 0 aromatic heterocycles. The normalized spacial score (nSPS) is 18.9. The maximum atomic E-state index is 13.1. The van der Waals surface area contributed by atoms with E-state index in [2.05, 4.69) is 5.32 Å². The Kier molecular flexibility index (Phi) is 5.23. The average molecular weight is 379 g/mol. The summed E-state index contributed by atoms with van der Waals surface area (Å²) in [6.07, 6.45) is 0.402. The molecule has 1 N–H and O–H groups in total. The molecule has 1 unspecified atom stereocenters. The highest BCUT2D eigenvalue weighted by Crippen LogP contribution is 2.32. The Labute approximate surface area is 165 Å². The highest BCUT2D eigenvalue weighted by atomic mass is 16.2. The summed E-state index contributed by atoms with van der Waals surface area (Å²) >= 11 is 0. The van der Waals surface area contributed by atoms with Gasteiger partial charge in [-0.1, -0.05) is 43.3 Å². The van der Waals surface area contributed by atoms with Gasteiger partial charge in [0.15, 0.2) is 0 Å². The van der Waals surface area contributed by atoms with E-state index in [0.717, 1.165) is 21.7 Å². The van der Waals surface area contributed by atoms with Gasteiger partial charge in [-0.2, -0.15) is 0 Å². The molecule has 1 heterocycles. The second-order valence-corrected chi connectivity index (χ2v) is 7.25. The second-order valence-electron chi connectivity index (χ2n) is 7.25. The fraction of sp³-hybridized carbons (Fsp3) is 0.318. The summed E-state index contributed by atoms with van der Waals surface area (Å²) in [6.45, 7) is 5.46. The van der Waals surface area contributed by atoms with Crippen molar-refractivity contribution in [2.24, 2.45) is 0 Å². The Bertz CT molecular complexity index is 906. The van der Waals surface area contributed by atoms with E-state index in [0.29, 0.717) is 12.0 Å². The van der Waals surface area contributed by atoms with Gasteiger partial charge < -0.3 is 10.2 Å². The number of aryl methyl sites for hydroxylation is 2. The highest BCUT2D eigenvalue weighted by Gasteiger charge is 2.51. The number of imide groups is 1. The molecule has 4 amide bonds. The van der Waals surface area contributed by atoms with Crippen molar-refractivity contribution in [2.75, 3.05) is 18.5 Å². The number of anilines is 1. The number of carbonyl (C=O) groups excluding carboxylic acids is 3. The average Bonchev–Trinajstić information content (AvgIpc) is 2.92. The van der Waals surface area contributed by atoms with Crippen molar-refractivity contribution in [2.45, 2.75) is 32.7 Å². The van der Waals surface area contributed by atoms with E-state index < -0.39 is 17.5 Å². The van der Waals surface area contributed by atoms with Crippen LogP contribution in [-0.2, 0) is 15.1 Å². The maximum absolute atomic E-state index is 13.1. The Morgan fingerprint density at radius 1 is 1.07 bits per heavy atom. The Hall–Kier alpha value is -3.15. The van der Waals surface area contributed by atoms with Gasteiger partial charge in [0.05, 0.1) is 0 Å². The number of urea groups is 1. The smallest absolute Gasteiger partial charge is 0.319 e. The number of nitrogens with one attached hydrogen (secondary N) is 1. The molecule has 1 fully saturated rings. The van der Waals surface area contributed by atoms with E-state index in [1.54, 1.807) is 7.05 Å². The summed E-state index contributed by atoms with van der Waals surface area (Å²) in [5.41, 5.74) is 2.40. The van der Waals surface area contributed by atoms with Crippen LogP contribution in [0.5, 0.6) is 0 Å². The zero-order valence-electron chi connectivity index (χ0n) is 16.7. The Balaban J connectivity index is 1.83. The monoisotopic (exact) mass is 379 g/mol. The fourth-order valence-electron chi connectivity index (χ4n) is 3.66. The van der Waals surface area contributed by atoms with E-state index >= 15 is 0 Å². The van der Waals surface area contributed by atoms with E-state index in [-0.39, 0.29) is 12.5 Å². The number of carbonyl (C=O) groups is 3. The Morgan fingerprint density at radius 2 is 1.68 bits per heavy atom. The van der Waals surface area contributed by atoms with E-state index in [4.69, 9.17) is 0 Å². The van der Waals surface area contributed by atoms with Gasteiger partial charge in [-0.3, -0.25) is 14.5 Å². The van der Waals surface area contributed by atoms with Crippen LogP contribution in [0.15, 0.2) is 48.5 Å². The number of amides is 4. The predicted molar refractivity (Wildman–Crippen MR) is 108 cm³/mol. The minimum Gasteiger partial charge on any atom is -0.319 e. The number of benzene rings is 2. The molecule has 0 aliphatic carbocycles. The zero-order valence-corrected chi connectivity index (χ0v) is 16.7. The minimum atomic E-state index is -1.13. The van der Waals surface area contributed by atoms with Crippen LogP contribution >= 0.6 is 0 Å². The van der Waals surface area contributed by atoms with Crippen LogP contribution < -0.4 is 10.2 Å². The first kappa shape index (κ1) is 19.6. The van der Waals surface area contributed by atoms with Crippen LogP contribution in [0.2, 0.25) is 0 Å². The minimum absolute atomic E-state index is 0.303. The molecule has 0 radical (unpaired) electrons. The summed E-state index contributed by atoms with van der Waals surface area (Å²) in [7, 11) is 1.65. The lowest BCUT2D eigenvalue weighted by Gasteiger charge is -2.26. The molecule has 6 heteroatoms. The van der Waals surface area contributed by atoms with Gasteiger partial charge >= 0.3 is 6.03 Å². The van der Waals surface area contributed by atoms with Crippen molar-refractivity contribution in [1.82, 2.24) is 10.2 Å². The van der Waals surface area contributed by atoms with Gasteiger partial charge in [-0.05, 0) is 49.1 Å². The topological polar surface area (TPSA) is 69.7 Å². The van der Waals surface area contributed by atoms with Crippen molar-refractivity contribution in [3.63, 3.8) is 0 Å². The molecular weight excluding hydrogens is 354 g/mol. The molecule has 0 bridgehead atoms. The van der Waals surface area contributed by atoms with Gasteiger partial charge in [0.2, 0.25) is 5.91 Å². The highest BCUT2D eigenvalue weighted by molar-refractivity contribution is 6.10. The molecule has 28 heavy (non-hydrogen) atoms. The SMILES string of the molecule is CCC1(c2ccccc2)NC(=O)N(CC(=O)N(C)c2cc(C)cc(C)c2)C1=O. The molecule has 6 nitrogen and oxygen atoms in total. The number of hydrogen-bond donors (Lipinski definition) is 1. The van der Waals surface area contributed by atoms with Gasteiger partial charge in [0.25, 0.3) is 5.91 Å². The first-order valence-corrected chi connectivity index (χ1v) is 9.33. The number of hydrogen-bond acceptors (Lipinski definition) is 3. The summed E-state index contributed by atoms with van der Waals surface area (Å²) < 4.78 is 0. The third-order valence-corrected chi connectivity index (χ3v) is 5.23. The predicted octanol–water partition coefficient (Wildman–Crippen LogP) is 3.12. The molecule has 1 aliphatic rings. The third kappa shape index (κ3) is 3.38. The van der Waals surface area contributed by atoms with E-state index in [1.807, 2.05) is 69.3 Å². The van der Waals surface area contributed by atoms with Crippen LogP contribution in [0.1, 0.15) is 30.0 Å². The molecule has 0 saturated carbocycles. The largest absolute Gasteiger partial charge is 0.325 e. The van der Waals surface area contributed by atoms with Crippen LogP contribution in [-0.4, -0.2) is 36.3 Å². The third-order valence-electron chi connectivity index (χ3n) is 5.23. The number of rotatable bonds is 5. The molecule has 1 aliphatic heterocycles. The standard InChI is InChI=1S/C22H25N3O3/c1-5-22(17-9-7-6-8-10-17)20(27)25(21(28)23-22)14-19(26)24(4)18-12-15(2)11-16(3)13-18/h6-13H,5,14H2,1-4H3,(H,23,28). The second kappa shape index (κ2) is 7.46. The summed E-state index contributed by atoms with van der Waals surface area (Å²) in [6, 6.07) is 14.4. The van der Waals surface area contributed by atoms with Crippen LogP contribution in [0.25, 0.3) is 0 Å². The van der Waals surface area contributed by atoms with Crippen molar-refractivity contribution in [3.8, 4) is 0 Å². The van der Waals surface area contributed by atoms with Crippen molar-refractivity contribution in [3.05, 3.63) is 65.2 Å². The van der Waals surface area contributed by atoms with Gasteiger partial charge in [-0.15, -0.1) is 0 Å². The summed E-state index contributed by atoms with van der Waals surface area (Å²) in [4.78, 5) is 41.0. The maximum Gasteiger partial charge on any atom is 0.325 e.